The zero-order valence-corrected chi connectivity index (χ0v) is 19.3. The molecule has 0 spiro atoms. The van der Waals surface area contributed by atoms with Crippen LogP contribution in [0.3, 0.4) is 0 Å². The molecule has 172 valence electrons. The summed E-state index contributed by atoms with van der Waals surface area (Å²) in [5.74, 6) is -1.04. The summed E-state index contributed by atoms with van der Waals surface area (Å²) >= 11 is 1.17. The number of sulfonamides is 1. The van der Waals surface area contributed by atoms with E-state index in [1.54, 1.807) is 41.8 Å². The maximum absolute atomic E-state index is 13.0. The maximum atomic E-state index is 13.0. The van der Waals surface area contributed by atoms with Crippen molar-refractivity contribution in [2.45, 2.75) is 36.0 Å². The van der Waals surface area contributed by atoms with Crippen molar-refractivity contribution in [1.29, 1.82) is 0 Å². The van der Waals surface area contributed by atoms with Crippen LogP contribution in [0.4, 0.5) is 5.69 Å². The van der Waals surface area contributed by atoms with Gasteiger partial charge in [-0.15, -0.1) is 11.3 Å². The molecular weight excluding hydrogens is 450 g/mol. The summed E-state index contributed by atoms with van der Waals surface area (Å²) < 4.78 is 32.9. The van der Waals surface area contributed by atoms with Gasteiger partial charge in [0.1, 0.15) is 4.21 Å². The number of carbonyl (C=O) groups is 2. The molecule has 8 nitrogen and oxygen atoms in total. The minimum absolute atomic E-state index is 0.0271. The smallest absolute Gasteiger partial charge is 0.253 e. The van der Waals surface area contributed by atoms with E-state index in [1.807, 2.05) is 0 Å². The molecule has 0 saturated carbocycles. The van der Waals surface area contributed by atoms with Gasteiger partial charge < -0.3 is 15.4 Å². The predicted molar refractivity (Wildman–Crippen MR) is 122 cm³/mol. The lowest BCUT2D eigenvalue weighted by Gasteiger charge is -2.31. The van der Waals surface area contributed by atoms with E-state index < -0.39 is 15.9 Å². The fourth-order valence-corrected chi connectivity index (χ4v) is 6.71. The zero-order chi connectivity index (χ0) is 22.6. The van der Waals surface area contributed by atoms with E-state index in [9.17, 15) is 18.0 Å². The van der Waals surface area contributed by atoms with Crippen LogP contribution in [0.2, 0.25) is 0 Å². The molecule has 2 saturated heterocycles. The van der Waals surface area contributed by atoms with Gasteiger partial charge in [-0.25, -0.2) is 8.42 Å². The van der Waals surface area contributed by atoms with Gasteiger partial charge in [-0.05, 0) is 49.3 Å². The standard InChI is InChI=1S/C22H27N3O5S2/c26-21(16-6-3-11-25(15-16)32(28,29)20-10-5-13-31-20)24-19-9-2-1-8-18(19)22(27)23-14-17-7-4-12-30-17/h1-2,5,8-10,13,16-17H,3-4,6-7,11-12,14-15H2,(H,23,27)(H,24,26)/t16-,17+/m0/s1. The zero-order valence-electron chi connectivity index (χ0n) is 17.7. The van der Waals surface area contributed by atoms with Crippen LogP contribution in [-0.2, 0) is 19.6 Å². The topological polar surface area (TPSA) is 105 Å². The molecule has 4 rings (SSSR count). The highest BCUT2D eigenvalue weighted by Gasteiger charge is 2.34. The van der Waals surface area contributed by atoms with Crippen LogP contribution in [-0.4, -0.2) is 56.9 Å². The minimum atomic E-state index is -3.60. The van der Waals surface area contributed by atoms with Crippen molar-refractivity contribution in [3.63, 3.8) is 0 Å². The molecular formula is C22H27N3O5S2. The Morgan fingerprint density at radius 2 is 1.97 bits per heavy atom. The van der Waals surface area contributed by atoms with Gasteiger partial charge in [0.2, 0.25) is 5.91 Å². The van der Waals surface area contributed by atoms with Crippen LogP contribution in [0.15, 0.2) is 46.0 Å². The molecule has 3 heterocycles. The third-order valence-corrected chi connectivity index (χ3v) is 9.03. The van der Waals surface area contributed by atoms with Crippen molar-refractivity contribution in [2.24, 2.45) is 5.92 Å². The van der Waals surface area contributed by atoms with E-state index in [0.29, 0.717) is 43.8 Å². The van der Waals surface area contributed by atoms with E-state index in [-0.39, 0.29) is 28.7 Å². The summed E-state index contributed by atoms with van der Waals surface area (Å²) in [5, 5.41) is 7.45. The van der Waals surface area contributed by atoms with Crippen molar-refractivity contribution >= 4 is 38.9 Å². The molecule has 0 radical (unpaired) electrons. The number of hydrogen-bond donors (Lipinski definition) is 2. The monoisotopic (exact) mass is 477 g/mol. The number of nitrogens with one attached hydrogen (secondary N) is 2. The molecule has 0 aliphatic carbocycles. The number of piperidine rings is 1. The van der Waals surface area contributed by atoms with Crippen LogP contribution in [0.25, 0.3) is 0 Å². The SMILES string of the molecule is O=C(NC[C@H]1CCCO1)c1ccccc1NC(=O)[C@H]1CCCN(S(=O)(=O)c2cccs2)C1. The molecule has 2 aliphatic rings. The van der Waals surface area contributed by atoms with Crippen LogP contribution in [0.1, 0.15) is 36.0 Å². The first-order chi connectivity index (χ1) is 15.4. The minimum Gasteiger partial charge on any atom is -0.376 e. The molecule has 0 bridgehead atoms. The maximum Gasteiger partial charge on any atom is 0.253 e. The molecule has 0 unspecified atom stereocenters. The molecule has 2 atom stereocenters. The van der Waals surface area contributed by atoms with E-state index in [2.05, 4.69) is 10.6 Å². The van der Waals surface area contributed by atoms with Gasteiger partial charge in [-0.1, -0.05) is 18.2 Å². The Balaban J connectivity index is 1.41. The number of benzene rings is 1. The van der Waals surface area contributed by atoms with Gasteiger partial charge in [-0.3, -0.25) is 9.59 Å². The Morgan fingerprint density at radius 1 is 1.12 bits per heavy atom. The second-order valence-electron chi connectivity index (χ2n) is 8.01. The van der Waals surface area contributed by atoms with Crippen LogP contribution >= 0.6 is 11.3 Å². The molecule has 32 heavy (non-hydrogen) atoms. The molecule has 10 heteroatoms. The second kappa shape index (κ2) is 10.1. The third kappa shape index (κ3) is 5.20. The number of thiophene rings is 1. The van der Waals surface area contributed by atoms with E-state index in [1.165, 1.54) is 15.6 Å². The quantitative estimate of drug-likeness (QED) is 0.638. The van der Waals surface area contributed by atoms with Gasteiger partial charge in [-0.2, -0.15) is 4.31 Å². The van der Waals surface area contributed by atoms with Crippen LogP contribution in [0, 0.1) is 5.92 Å². The lowest BCUT2D eigenvalue weighted by Crippen LogP contribution is -2.43. The molecule has 1 aromatic carbocycles. The first kappa shape index (κ1) is 22.9. The molecule has 2 aromatic rings. The molecule has 2 N–H and O–H groups in total. The van der Waals surface area contributed by atoms with E-state index in [4.69, 9.17) is 4.74 Å². The summed E-state index contributed by atoms with van der Waals surface area (Å²) in [5.41, 5.74) is 0.790. The Hall–Kier alpha value is -2.27. The summed E-state index contributed by atoms with van der Waals surface area (Å²) in [6, 6.07) is 10.1. The number of hydrogen-bond acceptors (Lipinski definition) is 6. The lowest BCUT2D eigenvalue weighted by molar-refractivity contribution is -0.120. The molecule has 2 aliphatic heterocycles. The highest BCUT2D eigenvalue weighted by molar-refractivity contribution is 7.91. The number of nitrogens with zero attached hydrogens (tertiary/aromatic N) is 1. The number of amides is 2. The number of rotatable bonds is 7. The van der Waals surface area contributed by atoms with Crippen molar-refractivity contribution in [2.75, 3.05) is 31.6 Å². The first-order valence-corrected chi connectivity index (χ1v) is 13.1. The highest BCUT2D eigenvalue weighted by Crippen LogP contribution is 2.27. The fraction of sp³-hybridized carbons (Fsp3) is 0.455. The average molecular weight is 478 g/mol. The summed E-state index contributed by atoms with van der Waals surface area (Å²) in [7, 11) is -3.60. The number of para-hydroxylation sites is 1. The number of carbonyl (C=O) groups excluding carboxylic acids is 2. The first-order valence-electron chi connectivity index (χ1n) is 10.8. The molecule has 1 aromatic heterocycles. The second-order valence-corrected chi connectivity index (χ2v) is 11.1. The third-order valence-electron chi connectivity index (χ3n) is 5.79. The number of ether oxygens (including phenoxy) is 1. The Labute approximate surface area is 192 Å². The van der Waals surface area contributed by atoms with Gasteiger partial charge in [0, 0.05) is 26.2 Å². The molecule has 2 amide bonds. The Kier molecular flexibility index (Phi) is 7.24. The van der Waals surface area contributed by atoms with Crippen LogP contribution < -0.4 is 10.6 Å². The summed E-state index contributed by atoms with van der Waals surface area (Å²) in [6.07, 6.45) is 3.14. The van der Waals surface area contributed by atoms with Crippen molar-refractivity contribution in [3.8, 4) is 0 Å². The van der Waals surface area contributed by atoms with Gasteiger partial charge in [0.05, 0.1) is 23.3 Å². The van der Waals surface area contributed by atoms with E-state index >= 15 is 0 Å². The van der Waals surface area contributed by atoms with Gasteiger partial charge in [0.25, 0.3) is 15.9 Å². The summed E-state index contributed by atoms with van der Waals surface area (Å²) in [6.45, 7) is 1.67. The van der Waals surface area contributed by atoms with Crippen LogP contribution in [0.5, 0.6) is 0 Å². The highest BCUT2D eigenvalue weighted by atomic mass is 32.2. The Bertz CT molecular complexity index is 1050. The largest absolute Gasteiger partial charge is 0.376 e. The number of anilines is 1. The lowest BCUT2D eigenvalue weighted by atomic mass is 9.98. The van der Waals surface area contributed by atoms with Gasteiger partial charge in [0.15, 0.2) is 0 Å². The fourth-order valence-electron chi connectivity index (χ4n) is 4.04. The molecule has 2 fully saturated rings. The van der Waals surface area contributed by atoms with Crippen molar-refractivity contribution in [1.82, 2.24) is 9.62 Å². The summed E-state index contributed by atoms with van der Waals surface area (Å²) in [4.78, 5) is 25.7. The van der Waals surface area contributed by atoms with Gasteiger partial charge >= 0.3 is 0 Å². The van der Waals surface area contributed by atoms with Crippen molar-refractivity contribution < 1.29 is 22.7 Å². The van der Waals surface area contributed by atoms with E-state index in [0.717, 1.165) is 12.8 Å². The van der Waals surface area contributed by atoms with Crippen molar-refractivity contribution in [3.05, 3.63) is 47.3 Å². The predicted octanol–water partition coefficient (Wildman–Crippen LogP) is 2.70. The average Bonchev–Trinajstić information content (AvgIpc) is 3.52. The normalized spacial score (nSPS) is 21.9. The Morgan fingerprint density at radius 3 is 2.72 bits per heavy atom.